The minimum Gasteiger partial charge on any atom is -0.378 e. The van der Waals surface area contributed by atoms with Gasteiger partial charge in [-0.15, -0.1) is 0 Å². The third-order valence-corrected chi connectivity index (χ3v) is 5.73. The minimum absolute atomic E-state index is 0.189. The Hall–Kier alpha value is -3.85. The molecule has 0 spiro atoms. The Morgan fingerprint density at radius 3 is 2.84 bits per heavy atom. The van der Waals surface area contributed by atoms with Crippen molar-refractivity contribution in [1.29, 1.82) is 0 Å². The molecule has 1 atom stereocenters. The number of carbonyl (C=O) groups excluding carboxylic acids is 3. The molecule has 5 rings (SSSR count). The number of hydrogen-bond acceptors (Lipinski definition) is 6. The average Bonchev–Trinajstić information content (AvgIpc) is 3.40. The Labute approximate surface area is 184 Å². The van der Waals surface area contributed by atoms with E-state index in [1.54, 1.807) is 22.8 Å². The van der Waals surface area contributed by atoms with E-state index in [1.165, 1.54) is 0 Å². The monoisotopic (exact) mass is 431 g/mol. The molecule has 1 fully saturated rings. The van der Waals surface area contributed by atoms with Gasteiger partial charge in [-0.3, -0.25) is 19.7 Å². The number of imide groups is 1. The van der Waals surface area contributed by atoms with E-state index in [-0.39, 0.29) is 18.2 Å². The fourth-order valence-electron chi connectivity index (χ4n) is 4.16. The molecule has 1 aromatic carbocycles. The highest BCUT2D eigenvalue weighted by molar-refractivity contribution is 6.05. The molecule has 1 N–H and O–H groups in total. The van der Waals surface area contributed by atoms with Crippen LogP contribution in [0.4, 0.5) is 0 Å². The zero-order valence-corrected chi connectivity index (χ0v) is 17.4. The number of pyridine rings is 1. The predicted octanol–water partition coefficient (Wildman–Crippen LogP) is 1.84. The Morgan fingerprint density at radius 2 is 2.03 bits per heavy atom. The fraction of sp³-hybridized carbons (Fsp3) is 0.261. The predicted molar refractivity (Wildman–Crippen MR) is 114 cm³/mol. The summed E-state index contributed by atoms with van der Waals surface area (Å²) in [6.07, 6.45) is 2.41. The largest absolute Gasteiger partial charge is 0.378 e. The highest BCUT2D eigenvalue weighted by atomic mass is 16.5. The number of ether oxygens (including phenoxy) is 1. The maximum absolute atomic E-state index is 12.9. The van der Waals surface area contributed by atoms with Crippen molar-refractivity contribution in [2.75, 3.05) is 7.11 Å². The third-order valence-electron chi connectivity index (χ3n) is 5.73. The molecule has 2 aliphatic rings. The van der Waals surface area contributed by atoms with Gasteiger partial charge in [-0.05, 0) is 42.3 Å². The second kappa shape index (κ2) is 8.01. The van der Waals surface area contributed by atoms with Crippen LogP contribution in [-0.4, -0.2) is 50.5 Å². The number of benzene rings is 1. The number of fused-ring (bicyclic) bond motifs is 1. The number of rotatable bonds is 5. The van der Waals surface area contributed by atoms with Gasteiger partial charge >= 0.3 is 0 Å². The van der Waals surface area contributed by atoms with Crippen LogP contribution in [0.2, 0.25) is 0 Å². The van der Waals surface area contributed by atoms with E-state index in [0.29, 0.717) is 31.0 Å². The van der Waals surface area contributed by atoms with Gasteiger partial charge in [0.2, 0.25) is 11.8 Å². The van der Waals surface area contributed by atoms with Gasteiger partial charge < -0.3 is 9.64 Å². The lowest BCUT2D eigenvalue weighted by Gasteiger charge is -2.29. The van der Waals surface area contributed by atoms with E-state index >= 15 is 0 Å². The molecule has 9 nitrogen and oxygen atoms in total. The van der Waals surface area contributed by atoms with Crippen LogP contribution in [0, 0.1) is 0 Å². The first-order valence-electron chi connectivity index (χ1n) is 10.3. The van der Waals surface area contributed by atoms with E-state index in [0.717, 1.165) is 22.5 Å². The zero-order valence-electron chi connectivity index (χ0n) is 17.4. The molecule has 1 unspecified atom stereocenters. The van der Waals surface area contributed by atoms with Crippen molar-refractivity contribution in [3.05, 3.63) is 65.5 Å². The number of nitrogens with one attached hydrogen (secondary N) is 1. The normalized spacial score (nSPS) is 18.1. The molecule has 162 valence electrons. The van der Waals surface area contributed by atoms with Crippen molar-refractivity contribution in [2.45, 2.75) is 32.0 Å². The van der Waals surface area contributed by atoms with Crippen molar-refractivity contribution >= 4 is 17.7 Å². The molecular formula is C23H21N5O4. The topological polar surface area (TPSA) is 106 Å². The molecular weight excluding hydrogens is 410 g/mol. The van der Waals surface area contributed by atoms with E-state index in [2.05, 4.69) is 15.4 Å². The van der Waals surface area contributed by atoms with Gasteiger partial charge in [-0.2, -0.15) is 5.10 Å². The molecule has 3 amide bonds. The average molecular weight is 431 g/mol. The summed E-state index contributed by atoms with van der Waals surface area (Å²) in [4.78, 5) is 42.6. The number of hydrogen-bond donors (Lipinski definition) is 1. The lowest BCUT2D eigenvalue weighted by Crippen LogP contribution is -2.52. The van der Waals surface area contributed by atoms with Gasteiger partial charge in [0.05, 0.1) is 18.0 Å². The highest BCUT2D eigenvalue weighted by Gasteiger charge is 2.39. The molecule has 0 saturated carbocycles. The molecule has 4 heterocycles. The van der Waals surface area contributed by atoms with Crippen molar-refractivity contribution in [1.82, 2.24) is 25.0 Å². The fourth-order valence-corrected chi connectivity index (χ4v) is 4.16. The maximum Gasteiger partial charge on any atom is 0.255 e. The second-order valence-corrected chi connectivity index (χ2v) is 7.84. The summed E-state index contributed by atoms with van der Waals surface area (Å²) in [5.41, 5.74) is 3.84. The smallest absolute Gasteiger partial charge is 0.255 e. The van der Waals surface area contributed by atoms with Crippen molar-refractivity contribution in [2.24, 2.45) is 0 Å². The van der Waals surface area contributed by atoms with Gasteiger partial charge in [0, 0.05) is 37.4 Å². The summed E-state index contributed by atoms with van der Waals surface area (Å²) in [5.74, 6) is -0.211. The maximum atomic E-state index is 12.9. The van der Waals surface area contributed by atoms with Crippen LogP contribution >= 0.6 is 0 Å². The summed E-state index contributed by atoms with van der Waals surface area (Å²) >= 11 is 0. The van der Waals surface area contributed by atoms with Crippen LogP contribution in [0.1, 0.15) is 34.5 Å². The second-order valence-electron chi connectivity index (χ2n) is 7.84. The molecule has 3 aromatic rings. The molecule has 2 aliphatic heterocycles. The van der Waals surface area contributed by atoms with Crippen molar-refractivity contribution in [3.8, 4) is 17.1 Å². The Kier molecular flexibility index (Phi) is 5.02. The third kappa shape index (κ3) is 3.56. The van der Waals surface area contributed by atoms with Crippen LogP contribution in [0.15, 0.2) is 48.7 Å². The summed E-state index contributed by atoms with van der Waals surface area (Å²) in [7, 11) is 1.63. The number of methoxy groups -OCH3 is 1. The van der Waals surface area contributed by atoms with E-state index in [1.807, 2.05) is 42.6 Å². The summed E-state index contributed by atoms with van der Waals surface area (Å²) in [5, 5.41) is 6.96. The first-order valence-corrected chi connectivity index (χ1v) is 10.3. The Bertz CT molecular complexity index is 1230. The quantitative estimate of drug-likeness (QED) is 0.618. The van der Waals surface area contributed by atoms with Gasteiger partial charge in [0.1, 0.15) is 6.04 Å². The van der Waals surface area contributed by atoms with E-state index in [4.69, 9.17) is 4.74 Å². The van der Waals surface area contributed by atoms with Crippen molar-refractivity contribution < 1.29 is 19.1 Å². The first kappa shape index (κ1) is 20.1. The number of aromatic nitrogens is 3. The lowest BCUT2D eigenvalue weighted by atomic mass is 10.0. The Balaban J connectivity index is 1.39. The molecule has 9 heteroatoms. The zero-order chi connectivity index (χ0) is 22.2. The standard InChI is InChI=1S/C23H21N5O4/c1-32-13-16-3-2-4-20(24-16)28-10-9-18(26-28)14-5-6-17-15(11-14)12-27(23(17)31)19-7-8-21(29)25-22(19)30/h2-6,9-11,19H,7-8,12-13H2,1H3,(H,25,29,30). The molecule has 32 heavy (non-hydrogen) atoms. The van der Waals surface area contributed by atoms with Crippen LogP contribution in [-0.2, 0) is 27.5 Å². The molecule has 2 aromatic heterocycles. The number of carbonyl (C=O) groups is 3. The van der Waals surface area contributed by atoms with E-state index < -0.39 is 11.9 Å². The Morgan fingerprint density at radius 1 is 1.16 bits per heavy atom. The van der Waals surface area contributed by atoms with Crippen LogP contribution in [0.3, 0.4) is 0 Å². The molecule has 0 aliphatic carbocycles. The molecule has 0 bridgehead atoms. The lowest BCUT2D eigenvalue weighted by molar-refractivity contribution is -0.136. The first-order chi connectivity index (χ1) is 15.5. The van der Waals surface area contributed by atoms with Gasteiger partial charge in [0.15, 0.2) is 5.82 Å². The van der Waals surface area contributed by atoms with E-state index in [9.17, 15) is 14.4 Å². The summed E-state index contributed by atoms with van der Waals surface area (Å²) in [6, 6.07) is 12.5. The minimum atomic E-state index is -0.624. The van der Waals surface area contributed by atoms with Gasteiger partial charge in [0.25, 0.3) is 5.91 Å². The van der Waals surface area contributed by atoms with Crippen molar-refractivity contribution in [3.63, 3.8) is 0 Å². The summed E-state index contributed by atoms with van der Waals surface area (Å²) < 4.78 is 6.84. The number of amides is 3. The molecule has 0 radical (unpaired) electrons. The van der Waals surface area contributed by atoms with Gasteiger partial charge in [-0.1, -0.05) is 12.1 Å². The van der Waals surface area contributed by atoms with Crippen LogP contribution < -0.4 is 5.32 Å². The van der Waals surface area contributed by atoms with Crippen LogP contribution in [0.25, 0.3) is 17.1 Å². The van der Waals surface area contributed by atoms with Crippen LogP contribution in [0.5, 0.6) is 0 Å². The SMILES string of the molecule is COCc1cccc(-n2ccc(-c3ccc4c(c3)CN(C3CCC(=O)NC3=O)C4=O)n2)n1. The summed E-state index contributed by atoms with van der Waals surface area (Å²) in [6.45, 7) is 0.750. The highest BCUT2D eigenvalue weighted by Crippen LogP contribution is 2.30. The number of nitrogens with zero attached hydrogens (tertiary/aromatic N) is 4. The number of piperidine rings is 1. The van der Waals surface area contributed by atoms with Gasteiger partial charge in [-0.25, -0.2) is 9.67 Å². The molecule has 1 saturated heterocycles.